The molecular formula is C16H22N2O. The van der Waals surface area contributed by atoms with E-state index in [1.54, 1.807) is 6.08 Å². The summed E-state index contributed by atoms with van der Waals surface area (Å²) in [6, 6.07) is 6.60. The first-order valence-electron chi connectivity index (χ1n) is 6.81. The maximum atomic E-state index is 12.1. The van der Waals surface area contributed by atoms with E-state index >= 15 is 0 Å². The fourth-order valence-corrected chi connectivity index (χ4v) is 2.44. The molecule has 3 heteroatoms. The summed E-state index contributed by atoms with van der Waals surface area (Å²) in [6.45, 7) is 6.05. The Morgan fingerprint density at radius 3 is 2.84 bits per heavy atom. The maximum absolute atomic E-state index is 12.1. The van der Waals surface area contributed by atoms with Gasteiger partial charge in [-0.3, -0.25) is 4.79 Å². The average Bonchev–Trinajstić information content (AvgIpc) is 2.90. The van der Waals surface area contributed by atoms with E-state index in [-0.39, 0.29) is 5.91 Å². The lowest BCUT2D eigenvalue weighted by Gasteiger charge is -2.22. The largest absolute Gasteiger partial charge is 0.338 e. The van der Waals surface area contributed by atoms with Gasteiger partial charge in [0.25, 0.3) is 0 Å². The number of aryl methyl sites for hydroxylation is 2. The van der Waals surface area contributed by atoms with Gasteiger partial charge in [-0.25, -0.2) is 0 Å². The van der Waals surface area contributed by atoms with Crippen molar-refractivity contribution in [1.82, 2.24) is 10.2 Å². The summed E-state index contributed by atoms with van der Waals surface area (Å²) < 4.78 is 0. The summed E-state index contributed by atoms with van der Waals surface area (Å²) in [5.41, 5.74) is 3.56. The van der Waals surface area contributed by atoms with Crippen LogP contribution in [-0.2, 0) is 4.79 Å². The van der Waals surface area contributed by atoms with Crippen molar-refractivity contribution in [3.8, 4) is 0 Å². The number of amides is 1. The van der Waals surface area contributed by atoms with Gasteiger partial charge in [0.15, 0.2) is 0 Å². The molecule has 0 aromatic heterocycles. The number of benzene rings is 1. The fraction of sp³-hybridized carbons (Fsp3) is 0.438. The Bertz CT molecular complexity index is 488. The molecule has 3 nitrogen and oxygen atoms in total. The van der Waals surface area contributed by atoms with E-state index in [0.29, 0.717) is 6.04 Å². The zero-order valence-electron chi connectivity index (χ0n) is 11.9. The zero-order chi connectivity index (χ0) is 13.8. The Labute approximate surface area is 115 Å². The van der Waals surface area contributed by atoms with Crippen LogP contribution in [-0.4, -0.2) is 37.0 Å². The molecule has 1 fully saturated rings. The highest BCUT2D eigenvalue weighted by atomic mass is 16.2. The van der Waals surface area contributed by atoms with Crippen LogP contribution in [0.1, 0.15) is 23.1 Å². The molecule has 0 radical (unpaired) electrons. The standard InChI is InChI=1S/C16H22N2O/c1-12-4-5-14(13(2)10-12)6-7-16(19)18(3)15-8-9-17-11-15/h4-7,10,15,17H,8-9,11H2,1-3H3. The highest BCUT2D eigenvalue weighted by Crippen LogP contribution is 2.13. The third kappa shape index (κ3) is 3.44. The molecule has 1 N–H and O–H groups in total. The van der Waals surface area contributed by atoms with Crippen molar-refractivity contribution in [3.05, 3.63) is 41.0 Å². The Morgan fingerprint density at radius 2 is 2.21 bits per heavy atom. The second kappa shape index (κ2) is 6.02. The number of likely N-dealkylation sites (N-methyl/N-ethyl adjacent to an activating group) is 1. The van der Waals surface area contributed by atoms with E-state index in [1.165, 1.54) is 11.1 Å². The van der Waals surface area contributed by atoms with Crippen molar-refractivity contribution in [2.45, 2.75) is 26.3 Å². The van der Waals surface area contributed by atoms with Crippen molar-refractivity contribution in [2.24, 2.45) is 0 Å². The van der Waals surface area contributed by atoms with Gasteiger partial charge in [0, 0.05) is 25.7 Å². The predicted octanol–water partition coefficient (Wildman–Crippen LogP) is 2.14. The van der Waals surface area contributed by atoms with Gasteiger partial charge in [0.2, 0.25) is 5.91 Å². The lowest BCUT2D eigenvalue weighted by atomic mass is 10.1. The number of hydrogen-bond acceptors (Lipinski definition) is 2. The molecule has 1 aliphatic heterocycles. The van der Waals surface area contributed by atoms with E-state index in [0.717, 1.165) is 25.1 Å². The Kier molecular flexibility index (Phi) is 4.38. The van der Waals surface area contributed by atoms with Crippen LogP contribution in [0.25, 0.3) is 6.08 Å². The molecule has 1 aromatic carbocycles. The molecule has 2 rings (SSSR count). The summed E-state index contributed by atoms with van der Waals surface area (Å²) in [5, 5.41) is 3.28. The first kappa shape index (κ1) is 13.8. The molecule has 0 aliphatic carbocycles. The molecule has 1 heterocycles. The monoisotopic (exact) mass is 258 g/mol. The van der Waals surface area contributed by atoms with Gasteiger partial charge in [-0.05, 0) is 44.0 Å². The topological polar surface area (TPSA) is 32.3 Å². The first-order valence-corrected chi connectivity index (χ1v) is 6.81. The quantitative estimate of drug-likeness (QED) is 0.842. The molecule has 1 unspecified atom stereocenters. The Balaban J connectivity index is 2.03. The minimum absolute atomic E-state index is 0.0775. The molecular weight excluding hydrogens is 236 g/mol. The SMILES string of the molecule is Cc1ccc(C=CC(=O)N(C)C2CCNC2)c(C)c1. The van der Waals surface area contributed by atoms with Crippen LogP contribution in [0.3, 0.4) is 0 Å². The number of carbonyl (C=O) groups excluding carboxylic acids is 1. The summed E-state index contributed by atoms with van der Waals surface area (Å²) >= 11 is 0. The molecule has 1 aliphatic rings. The van der Waals surface area contributed by atoms with Crippen molar-refractivity contribution >= 4 is 12.0 Å². The van der Waals surface area contributed by atoms with E-state index < -0.39 is 0 Å². The molecule has 1 atom stereocenters. The Morgan fingerprint density at radius 1 is 1.42 bits per heavy atom. The van der Waals surface area contributed by atoms with Crippen LogP contribution in [0.2, 0.25) is 0 Å². The molecule has 1 aromatic rings. The minimum atomic E-state index is 0.0775. The van der Waals surface area contributed by atoms with Gasteiger partial charge >= 0.3 is 0 Å². The lowest BCUT2D eigenvalue weighted by molar-refractivity contribution is -0.126. The fourth-order valence-electron chi connectivity index (χ4n) is 2.44. The molecule has 1 amide bonds. The van der Waals surface area contributed by atoms with Crippen LogP contribution in [0.15, 0.2) is 24.3 Å². The molecule has 0 saturated carbocycles. The van der Waals surface area contributed by atoms with Crippen LogP contribution in [0.4, 0.5) is 0 Å². The number of carbonyl (C=O) groups is 1. The van der Waals surface area contributed by atoms with Gasteiger partial charge in [-0.2, -0.15) is 0 Å². The molecule has 1 saturated heterocycles. The van der Waals surface area contributed by atoms with E-state index in [9.17, 15) is 4.79 Å². The third-order valence-electron chi connectivity index (χ3n) is 3.76. The van der Waals surface area contributed by atoms with Crippen molar-refractivity contribution in [2.75, 3.05) is 20.1 Å². The van der Waals surface area contributed by atoms with Gasteiger partial charge in [-0.15, -0.1) is 0 Å². The predicted molar refractivity (Wildman–Crippen MR) is 79.0 cm³/mol. The molecule has 19 heavy (non-hydrogen) atoms. The highest BCUT2D eigenvalue weighted by molar-refractivity contribution is 5.92. The zero-order valence-corrected chi connectivity index (χ0v) is 11.9. The highest BCUT2D eigenvalue weighted by Gasteiger charge is 2.21. The van der Waals surface area contributed by atoms with E-state index in [1.807, 2.05) is 18.0 Å². The second-order valence-electron chi connectivity index (χ2n) is 5.29. The Hall–Kier alpha value is -1.61. The van der Waals surface area contributed by atoms with Crippen LogP contribution in [0.5, 0.6) is 0 Å². The van der Waals surface area contributed by atoms with Crippen LogP contribution < -0.4 is 5.32 Å². The summed E-state index contributed by atoms with van der Waals surface area (Å²) in [4.78, 5) is 13.9. The van der Waals surface area contributed by atoms with Gasteiger partial charge in [-0.1, -0.05) is 23.8 Å². The first-order chi connectivity index (χ1) is 9.08. The maximum Gasteiger partial charge on any atom is 0.246 e. The lowest BCUT2D eigenvalue weighted by Crippen LogP contribution is -2.37. The van der Waals surface area contributed by atoms with Crippen LogP contribution >= 0.6 is 0 Å². The summed E-state index contributed by atoms with van der Waals surface area (Å²) in [6.07, 6.45) is 4.63. The van der Waals surface area contributed by atoms with E-state index in [2.05, 4.69) is 37.4 Å². The average molecular weight is 258 g/mol. The van der Waals surface area contributed by atoms with Crippen LogP contribution in [0, 0.1) is 13.8 Å². The summed E-state index contributed by atoms with van der Waals surface area (Å²) in [7, 11) is 1.88. The molecule has 0 spiro atoms. The summed E-state index contributed by atoms with van der Waals surface area (Å²) in [5.74, 6) is 0.0775. The van der Waals surface area contributed by atoms with Gasteiger partial charge in [0.1, 0.15) is 0 Å². The van der Waals surface area contributed by atoms with Crippen molar-refractivity contribution in [1.29, 1.82) is 0 Å². The second-order valence-corrected chi connectivity index (χ2v) is 5.29. The van der Waals surface area contributed by atoms with Gasteiger partial charge < -0.3 is 10.2 Å². The van der Waals surface area contributed by atoms with Crippen molar-refractivity contribution < 1.29 is 4.79 Å². The normalized spacial score (nSPS) is 19.0. The van der Waals surface area contributed by atoms with E-state index in [4.69, 9.17) is 0 Å². The minimum Gasteiger partial charge on any atom is -0.338 e. The molecule has 102 valence electrons. The number of rotatable bonds is 3. The molecule has 0 bridgehead atoms. The number of hydrogen-bond donors (Lipinski definition) is 1. The van der Waals surface area contributed by atoms with Crippen molar-refractivity contribution in [3.63, 3.8) is 0 Å². The third-order valence-corrected chi connectivity index (χ3v) is 3.76. The number of nitrogens with one attached hydrogen (secondary N) is 1. The number of nitrogens with zero attached hydrogens (tertiary/aromatic N) is 1. The van der Waals surface area contributed by atoms with Gasteiger partial charge in [0.05, 0.1) is 0 Å². The smallest absolute Gasteiger partial charge is 0.246 e.